The van der Waals surface area contributed by atoms with Gasteiger partial charge in [-0.2, -0.15) is 0 Å². The Bertz CT molecular complexity index is 1270. The SMILES string of the molecule is CC(C)C[C@@H](NC[C@H](N)Cc1ccccc1)C(=O)N[C@H](CCCCN)C(=O)N1CCC(N(C(=O)/C=C/c2ccccc2)C2CC2)CC1. The molecule has 3 atom stereocenters. The third kappa shape index (κ3) is 11.9. The molecule has 2 aliphatic rings. The Balaban J connectivity index is 1.34. The molecule has 9 nitrogen and oxygen atoms in total. The minimum Gasteiger partial charge on any atom is -0.343 e. The second-order valence-electron chi connectivity index (χ2n) is 13.7. The highest BCUT2D eigenvalue weighted by Gasteiger charge is 2.39. The molecule has 0 spiro atoms. The van der Waals surface area contributed by atoms with Crippen LogP contribution in [0.5, 0.6) is 0 Å². The van der Waals surface area contributed by atoms with Gasteiger partial charge < -0.3 is 31.9 Å². The number of hydrogen-bond acceptors (Lipinski definition) is 6. The average molecular weight is 645 g/mol. The number of likely N-dealkylation sites (tertiary alicyclic amines) is 1. The van der Waals surface area contributed by atoms with E-state index in [1.807, 2.05) is 64.4 Å². The molecule has 1 aliphatic carbocycles. The fourth-order valence-corrected chi connectivity index (χ4v) is 6.47. The van der Waals surface area contributed by atoms with E-state index in [9.17, 15) is 14.4 Å². The number of rotatable bonds is 18. The first-order valence-corrected chi connectivity index (χ1v) is 17.6. The van der Waals surface area contributed by atoms with Crippen LogP contribution >= 0.6 is 0 Å². The number of carbonyl (C=O) groups is 3. The van der Waals surface area contributed by atoms with E-state index in [1.54, 1.807) is 6.08 Å². The van der Waals surface area contributed by atoms with E-state index in [2.05, 4.69) is 36.6 Å². The fraction of sp³-hybridized carbons (Fsp3) is 0.553. The lowest BCUT2D eigenvalue weighted by Gasteiger charge is -2.39. The Kier molecular flexibility index (Phi) is 14.5. The lowest BCUT2D eigenvalue weighted by atomic mass is 9.99. The molecule has 2 aromatic rings. The molecule has 6 N–H and O–H groups in total. The first-order chi connectivity index (χ1) is 22.7. The lowest BCUT2D eigenvalue weighted by molar-refractivity contribution is -0.139. The van der Waals surface area contributed by atoms with E-state index in [0.29, 0.717) is 45.4 Å². The summed E-state index contributed by atoms with van der Waals surface area (Å²) >= 11 is 0. The molecule has 0 unspecified atom stereocenters. The van der Waals surface area contributed by atoms with Gasteiger partial charge in [0.05, 0.1) is 6.04 Å². The van der Waals surface area contributed by atoms with Crippen molar-refractivity contribution >= 4 is 23.8 Å². The number of amides is 3. The monoisotopic (exact) mass is 644 g/mol. The number of unbranched alkanes of at least 4 members (excludes halogenated alkanes) is 1. The van der Waals surface area contributed by atoms with Gasteiger partial charge >= 0.3 is 0 Å². The molecule has 4 rings (SSSR count). The predicted molar refractivity (Wildman–Crippen MR) is 189 cm³/mol. The molecular formula is C38H56N6O3. The van der Waals surface area contributed by atoms with E-state index in [4.69, 9.17) is 11.5 Å². The Hall–Kier alpha value is -3.53. The van der Waals surface area contributed by atoms with Crippen LogP contribution in [0.15, 0.2) is 66.7 Å². The maximum absolute atomic E-state index is 13.9. The third-order valence-corrected chi connectivity index (χ3v) is 9.13. The summed E-state index contributed by atoms with van der Waals surface area (Å²) in [5, 5.41) is 6.52. The number of carbonyl (C=O) groups excluding carboxylic acids is 3. The number of benzene rings is 2. The summed E-state index contributed by atoms with van der Waals surface area (Å²) in [6.07, 6.45) is 10.5. The number of nitrogens with two attached hydrogens (primary N) is 2. The number of nitrogens with one attached hydrogen (secondary N) is 2. The fourth-order valence-electron chi connectivity index (χ4n) is 6.47. The van der Waals surface area contributed by atoms with Crippen LogP contribution in [0.2, 0.25) is 0 Å². The minimum absolute atomic E-state index is 0.0419. The van der Waals surface area contributed by atoms with E-state index >= 15 is 0 Å². The predicted octanol–water partition coefficient (Wildman–Crippen LogP) is 3.87. The number of piperidine rings is 1. The second kappa shape index (κ2) is 18.7. The molecule has 2 aromatic carbocycles. The molecule has 47 heavy (non-hydrogen) atoms. The smallest absolute Gasteiger partial charge is 0.247 e. The Morgan fingerprint density at radius 1 is 0.915 bits per heavy atom. The molecule has 1 heterocycles. The van der Waals surface area contributed by atoms with Crippen molar-refractivity contribution in [1.29, 1.82) is 0 Å². The van der Waals surface area contributed by atoms with Crippen LogP contribution in [-0.4, -0.2) is 83.9 Å². The van der Waals surface area contributed by atoms with Gasteiger partial charge in [-0.1, -0.05) is 74.5 Å². The van der Waals surface area contributed by atoms with E-state index in [0.717, 1.165) is 49.7 Å². The lowest BCUT2D eigenvalue weighted by Crippen LogP contribution is -2.57. The quantitative estimate of drug-likeness (QED) is 0.144. The van der Waals surface area contributed by atoms with Gasteiger partial charge in [0, 0.05) is 43.8 Å². The largest absolute Gasteiger partial charge is 0.343 e. The molecule has 1 saturated carbocycles. The van der Waals surface area contributed by atoms with Crippen molar-refractivity contribution in [1.82, 2.24) is 20.4 Å². The summed E-state index contributed by atoms with van der Waals surface area (Å²) in [6.45, 7) is 6.35. The first kappa shape index (κ1) is 36.3. The van der Waals surface area contributed by atoms with Gasteiger partial charge in [-0.25, -0.2) is 0 Å². The van der Waals surface area contributed by atoms with Crippen LogP contribution in [-0.2, 0) is 20.8 Å². The highest BCUT2D eigenvalue weighted by Crippen LogP contribution is 2.32. The van der Waals surface area contributed by atoms with Crippen molar-refractivity contribution in [3.05, 3.63) is 77.9 Å². The zero-order valence-electron chi connectivity index (χ0n) is 28.4. The molecule has 0 radical (unpaired) electrons. The average Bonchev–Trinajstić information content (AvgIpc) is 3.91. The van der Waals surface area contributed by atoms with Gasteiger partial charge in [-0.05, 0) is 87.5 Å². The van der Waals surface area contributed by atoms with Gasteiger partial charge in [0.15, 0.2) is 0 Å². The molecule has 2 fully saturated rings. The van der Waals surface area contributed by atoms with Crippen molar-refractivity contribution in [2.45, 2.75) is 102 Å². The highest BCUT2D eigenvalue weighted by molar-refractivity contribution is 5.92. The van der Waals surface area contributed by atoms with Gasteiger partial charge in [0.2, 0.25) is 17.7 Å². The molecule has 3 amide bonds. The van der Waals surface area contributed by atoms with Gasteiger partial charge in [0.1, 0.15) is 6.04 Å². The van der Waals surface area contributed by atoms with Crippen molar-refractivity contribution < 1.29 is 14.4 Å². The maximum atomic E-state index is 13.9. The molecule has 256 valence electrons. The molecule has 0 aromatic heterocycles. The highest BCUT2D eigenvalue weighted by atomic mass is 16.2. The molecule has 0 bridgehead atoms. The number of nitrogens with zero attached hydrogens (tertiary/aromatic N) is 2. The summed E-state index contributed by atoms with van der Waals surface area (Å²) in [7, 11) is 0. The zero-order valence-corrected chi connectivity index (χ0v) is 28.4. The van der Waals surface area contributed by atoms with Crippen LogP contribution in [0.4, 0.5) is 0 Å². The summed E-state index contributed by atoms with van der Waals surface area (Å²) < 4.78 is 0. The summed E-state index contributed by atoms with van der Waals surface area (Å²) in [5.41, 5.74) is 14.4. The summed E-state index contributed by atoms with van der Waals surface area (Å²) in [4.78, 5) is 44.8. The Morgan fingerprint density at radius 2 is 1.55 bits per heavy atom. The molecule has 1 saturated heterocycles. The van der Waals surface area contributed by atoms with Crippen molar-refractivity contribution in [3.63, 3.8) is 0 Å². The Morgan fingerprint density at radius 3 is 2.17 bits per heavy atom. The summed E-state index contributed by atoms with van der Waals surface area (Å²) in [6, 6.07) is 19.1. The number of hydrogen-bond donors (Lipinski definition) is 4. The molecular weight excluding hydrogens is 588 g/mol. The van der Waals surface area contributed by atoms with Gasteiger partial charge in [-0.3, -0.25) is 14.4 Å². The Labute approximate surface area is 281 Å². The molecule has 1 aliphatic heterocycles. The summed E-state index contributed by atoms with van der Waals surface area (Å²) in [5.74, 6) is 0.113. The van der Waals surface area contributed by atoms with Crippen molar-refractivity contribution in [2.75, 3.05) is 26.2 Å². The first-order valence-electron chi connectivity index (χ1n) is 17.6. The zero-order chi connectivity index (χ0) is 33.6. The van der Waals surface area contributed by atoms with Crippen LogP contribution < -0.4 is 22.1 Å². The van der Waals surface area contributed by atoms with Gasteiger partial charge in [0.25, 0.3) is 0 Å². The van der Waals surface area contributed by atoms with E-state index < -0.39 is 12.1 Å². The normalized spacial score (nSPS) is 17.4. The van der Waals surface area contributed by atoms with Crippen LogP contribution in [0.1, 0.15) is 76.3 Å². The van der Waals surface area contributed by atoms with Crippen LogP contribution in [0.25, 0.3) is 6.08 Å². The van der Waals surface area contributed by atoms with Crippen LogP contribution in [0, 0.1) is 5.92 Å². The van der Waals surface area contributed by atoms with Crippen molar-refractivity contribution in [3.8, 4) is 0 Å². The van der Waals surface area contributed by atoms with Gasteiger partial charge in [-0.15, -0.1) is 0 Å². The third-order valence-electron chi connectivity index (χ3n) is 9.13. The van der Waals surface area contributed by atoms with Crippen LogP contribution in [0.3, 0.4) is 0 Å². The second-order valence-corrected chi connectivity index (χ2v) is 13.7. The van der Waals surface area contributed by atoms with E-state index in [1.165, 1.54) is 0 Å². The standard InChI is InChI=1S/C38H56N6O3/c1-28(2)25-35(41-27-31(40)26-30-13-7-4-8-14-30)37(46)42-34(15-9-10-22-39)38(47)43-23-20-33(21-24-43)44(32-17-18-32)36(45)19-16-29-11-5-3-6-12-29/h3-8,11-14,16,19,28,31-35,41H,9-10,15,17-18,20-27,39-40H2,1-2H3,(H,42,46)/b19-16+/t31-,34-,35-/m1/s1. The van der Waals surface area contributed by atoms with Crippen molar-refractivity contribution in [2.24, 2.45) is 17.4 Å². The molecule has 9 heteroatoms. The topological polar surface area (TPSA) is 134 Å². The van der Waals surface area contributed by atoms with E-state index in [-0.39, 0.29) is 41.8 Å². The minimum atomic E-state index is -0.616. The maximum Gasteiger partial charge on any atom is 0.247 e.